The van der Waals surface area contributed by atoms with E-state index in [9.17, 15) is 4.79 Å². The number of hydrogen-bond acceptors (Lipinski definition) is 3. The normalized spacial score (nSPS) is 13.9. The Hall–Kier alpha value is -1.42. The predicted molar refractivity (Wildman–Crippen MR) is 70.6 cm³/mol. The van der Waals surface area contributed by atoms with Gasteiger partial charge in [-0.2, -0.15) is 0 Å². The van der Waals surface area contributed by atoms with Crippen LogP contribution in [0.4, 0.5) is 5.69 Å². The zero-order valence-corrected chi connectivity index (χ0v) is 11.0. The van der Waals surface area contributed by atoms with Crippen LogP contribution in [-0.4, -0.2) is 19.1 Å². The van der Waals surface area contributed by atoms with E-state index in [4.69, 9.17) is 21.1 Å². The van der Waals surface area contributed by atoms with Crippen molar-refractivity contribution in [1.29, 1.82) is 0 Å². The van der Waals surface area contributed by atoms with Gasteiger partial charge in [0.2, 0.25) is 5.91 Å². The van der Waals surface area contributed by atoms with Crippen LogP contribution >= 0.6 is 11.6 Å². The third-order valence-electron chi connectivity index (χ3n) is 2.59. The first kappa shape index (κ1) is 13.0. The molecule has 2 rings (SSSR count). The summed E-state index contributed by atoms with van der Waals surface area (Å²) in [6, 6.07) is 3.40. The predicted octanol–water partition coefficient (Wildman–Crippen LogP) is 3.24. The van der Waals surface area contributed by atoms with Crippen molar-refractivity contribution >= 4 is 23.2 Å². The highest BCUT2D eigenvalue weighted by Gasteiger charge is 2.15. The van der Waals surface area contributed by atoms with Crippen molar-refractivity contribution in [2.24, 2.45) is 0 Å². The first-order chi connectivity index (χ1) is 8.70. The lowest BCUT2D eigenvalue weighted by Crippen LogP contribution is -2.11. The van der Waals surface area contributed by atoms with Gasteiger partial charge in [0.25, 0.3) is 0 Å². The zero-order valence-electron chi connectivity index (χ0n) is 10.3. The number of amides is 1. The first-order valence-electron chi connectivity index (χ1n) is 6.09. The monoisotopic (exact) mass is 269 g/mol. The molecule has 1 heterocycles. The van der Waals surface area contributed by atoms with Crippen LogP contribution in [0.5, 0.6) is 11.5 Å². The lowest BCUT2D eigenvalue weighted by atomic mass is 10.2. The van der Waals surface area contributed by atoms with Gasteiger partial charge in [-0.15, -0.1) is 0 Å². The molecule has 0 saturated carbocycles. The largest absolute Gasteiger partial charge is 0.490 e. The molecule has 0 spiro atoms. The Morgan fingerprint density at radius 2 is 2.00 bits per heavy atom. The minimum atomic E-state index is -0.0473. The summed E-state index contributed by atoms with van der Waals surface area (Å²) in [5.41, 5.74) is 0.569. The van der Waals surface area contributed by atoms with Gasteiger partial charge < -0.3 is 14.8 Å². The number of rotatable bonds is 3. The van der Waals surface area contributed by atoms with Crippen LogP contribution < -0.4 is 14.8 Å². The Kier molecular flexibility index (Phi) is 4.31. The van der Waals surface area contributed by atoms with Gasteiger partial charge >= 0.3 is 0 Å². The third kappa shape index (κ3) is 3.07. The SMILES string of the molecule is CCCC(=O)Nc1cc2c(cc1Cl)OCCCO2. The topological polar surface area (TPSA) is 47.6 Å². The Morgan fingerprint density at radius 3 is 2.67 bits per heavy atom. The van der Waals surface area contributed by atoms with Gasteiger partial charge in [-0.3, -0.25) is 4.79 Å². The fourth-order valence-corrected chi connectivity index (χ4v) is 1.92. The van der Waals surface area contributed by atoms with E-state index in [-0.39, 0.29) is 5.91 Å². The Morgan fingerprint density at radius 1 is 1.33 bits per heavy atom. The van der Waals surface area contributed by atoms with Crippen LogP contribution in [-0.2, 0) is 4.79 Å². The molecule has 98 valence electrons. The number of benzene rings is 1. The van der Waals surface area contributed by atoms with Crippen LogP contribution in [0.2, 0.25) is 5.02 Å². The Labute approximate surface area is 111 Å². The molecule has 0 radical (unpaired) electrons. The van der Waals surface area contributed by atoms with Crippen LogP contribution in [0.15, 0.2) is 12.1 Å². The van der Waals surface area contributed by atoms with Gasteiger partial charge in [0.1, 0.15) is 0 Å². The highest BCUT2D eigenvalue weighted by molar-refractivity contribution is 6.34. The van der Waals surface area contributed by atoms with E-state index in [0.29, 0.717) is 41.8 Å². The van der Waals surface area contributed by atoms with Crippen molar-refractivity contribution in [3.05, 3.63) is 17.2 Å². The maximum Gasteiger partial charge on any atom is 0.224 e. The maximum atomic E-state index is 11.6. The Bertz CT molecular complexity index is 448. The molecule has 1 amide bonds. The molecule has 0 aromatic heterocycles. The minimum absolute atomic E-state index is 0.0473. The first-order valence-corrected chi connectivity index (χ1v) is 6.47. The summed E-state index contributed by atoms with van der Waals surface area (Å²) in [6.07, 6.45) is 2.11. The average Bonchev–Trinajstić information content (AvgIpc) is 2.55. The number of carbonyl (C=O) groups is 1. The summed E-state index contributed by atoms with van der Waals surface area (Å²) in [7, 11) is 0. The number of ether oxygens (including phenoxy) is 2. The number of halogens is 1. The summed E-state index contributed by atoms with van der Waals surface area (Å²) < 4.78 is 11.1. The molecule has 0 saturated heterocycles. The summed E-state index contributed by atoms with van der Waals surface area (Å²) in [5, 5.41) is 3.24. The molecule has 0 fully saturated rings. The molecule has 0 aliphatic carbocycles. The number of fused-ring (bicyclic) bond motifs is 1. The Balaban J connectivity index is 2.21. The molecule has 0 unspecified atom stereocenters. The van der Waals surface area contributed by atoms with E-state index in [1.165, 1.54) is 0 Å². The van der Waals surface area contributed by atoms with Crippen LogP contribution in [0.3, 0.4) is 0 Å². The number of hydrogen-bond donors (Lipinski definition) is 1. The molecule has 1 aromatic carbocycles. The highest BCUT2D eigenvalue weighted by atomic mass is 35.5. The molecule has 5 heteroatoms. The molecular weight excluding hydrogens is 254 g/mol. The molecule has 0 atom stereocenters. The molecule has 1 N–H and O–H groups in total. The number of carbonyl (C=O) groups excluding carboxylic acids is 1. The van der Waals surface area contributed by atoms with Crippen LogP contribution in [0.25, 0.3) is 0 Å². The summed E-state index contributed by atoms with van der Waals surface area (Å²) in [4.78, 5) is 11.6. The van der Waals surface area contributed by atoms with Crippen molar-refractivity contribution < 1.29 is 14.3 Å². The second-order valence-electron chi connectivity index (χ2n) is 4.13. The van der Waals surface area contributed by atoms with E-state index >= 15 is 0 Å². The molecule has 1 aliphatic heterocycles. The third-order valence-corrected chi connectivity index (χ3v) is 2.90. The molecule has 1 aromatic rings. The van der Waals surface area contributed by atoms with Crippen molar-refractivity contribution in [3.8, 4) is 11.5 Å². The van der Waals surface area contributed by atoms with Gasteiger partial charge in [-0.25, -0.2) is 0 Å². The van der Waals surface area contributed by atoms with Crippen LogP contribution in [0.1, 0.15) is 26.2 Å². The zero-order chi connectivity index (χ0) is 13.0. The lowest BCUT2D eigenvalue weighted by molar-refractivity contribution is -0.116. The van der Waals surface area contributed by atoms with Gasteiger partial charge in [0, 0.05) is 25.0 Å². The van der Waals surface area contributed by atoms with E-state index < -0.39 is 0 Å². The summed E-state index contributed by atoms with van der Waals surface area (Å²) >= 11 is 6.11. The van der Waals surface area contributed by atoms with E-state index in [0.717, 1.165) is 12.8 Å². The molecule has 1 aliphatic rings. The minimum Gasteiger partial charge on any atom is -0.490 e. The average molecular weight is 270 g/mol. The van der Waals surface area contributed by atoms with Crippen molar-refractivity contribution in [2.75, 3.05) is 18.5 Å². The van der Waals surface area contributed by atoms with E-state index in [2.05, 4.69) is 5.32 Å². The van der Waals surface area contributed by atoms with E-state index in [1.807, 2.05) is 6.92 Å². The highest BCUT2D eigenvalue weighted by Crippen LogP contribution is 2.37. The van der Waals surface area contributed by atoms with Crippen molar-refractivity contribution in [3.63, 3.8) is 0 Å². The van der Waals surface area contributed by atoms with Gasteiger partial charge in [-0.1, -0.05) is 18.5 Å². The van der Waals surface area contributed by atoms with Gasteiger partial charge in [-0.05, 0) is 6.42 Å². The lowest BCUT2D eigenvalue weighted by Gasteiger charge is -2.12. The fraction of sp³-hybridized carbons (Fsp3) is 0.462. The van der Waals surface area contributed by atoms with Crippen molar-refractivity contribution in [2.45, 2.75) is 26.2 Å². The van der Waals surface area contributed by atoms with Gasteiger partial charge in [0.05, 0.1) is 23.9 Å². The maximum absolute atomic E-state index is 11.6. The fourth-order valence-electron chi connectivity index (χ4n) is 1.72. The summed E-state index contributed by atoms with van der Waals surface area (Å²) in [5.74, 6) is 1.21. The van der Waals surface area contributed by atoms with E-state index in [1.54, 1.807) is 12.1 Å². The quantitative estimate of drug-likeness (QED) is 0.916. The molecule has 18 heavy (non-hydrogen) atoms. The second-order valence-corrected chi connectivity index (χ2v) is 4.53. The standard InChI is InChI=1S/C13H16ClNO3/c1-2-4-13(16)15-10-8-12-11(7-9(10)14)17-5-3-6-18-12/h7-8H,2-6H2,1H3,(H,15,16). The molecule has 0 bridgehead atoms. The second kappa shape index (κ2) is 5.96. The van der Waals surface area contributed by atoms with Crippen LogP contribution in [0, 0.1) is 0 Å². The summed E-state index contributed by atoms with van der Waals surface area (Å²) in [6.45, 7) is 3.18. The molecule has 4 nitrogen and oxygen atoms in total. The van der Waals surface area contributed by atoms with Crippen molar-refractivity contribution in [1.82, 2.24) is 0 Å². The van der Waals surface area contributed by atoms with Gasteiger partial charge in [0.15, 0.2) is 11.5 Å². The smallest absolute Gasteiger partial charge is 0.224 e. The number of nitrogens with one attached hydrogen (secondary N) is 1. The number of anilines is 1. The molecular formula is C13H16ClNO3.